The number of hydrazone groups is 2. The zero-order chi connectivity index (χ0) is 35.9. The molecule has 0 bridgehead atoms. The van der Waals surface area contributed by atoms with Crippen LogP contribution in [0, 0.1) is 12.8 Å². The molecular weight excluding hydrogens is 765 g/mol. The molecule has 0 aromatic heterocycles. The molecular formula is C32H42N7O4P5S2. The first-order valence-corrected chi connectivity index (χ1v) is 25.5. The van der Waals surface area contributed by atoms with E-state index in [1.54, 1.807) is 15.8 Å². The highest BCUT2D eigenvalue weighted by Gasteiger charge is 2.29. The molecule has 1 saturated carbocycles. The van der Waals surface area contributed by atoms with Gasteiger partial charge >= 0.3 is 0 Å². The van der Waals surface area contributed by atoms with E-state index >= 15 is 0 Å². The Labute approximate surface area is 311 Å². The molecule has 11 nitrogen and oxygen atoms in total. The fourth-order valence-electron chi connectivity index (χ4n) is 4.58. The van der Waals surface area contributed by atoms with Gasteiger partial charge in [0.15, 0.2) is 0 Å². The second-order valence-corrected chi connectivity index (χ2v) is 22.7. The molecule has 0 N–H and O–H groups in total. The van der Waals surface area contributed by atoms with E-state index < -0.39 is 29.7 Å². The van der Waals surface area contributed by atoms with Gasteiger partial charge in [-0.1, -0.05) is 55.8 Å². The van der Waals surface area contributed by atoms with Crippen molar-refractivity contribution in [2.75, 3.05) is 14.1 Å². The Bertz CT molecular complexity index is 1710. The highest BCUT2D eigenvalue weighted by Crippen LogP contribution is 2.76. The molecule has 4 rings (SSSR count). The summed E-state index contributed by atoms with van der Waals surface area (Å²) < 4.78 is 28.0. The first-order valence-electron chi connectivity index (χ1n) is 15.8. The summed E-state index contributed by atoms with van der Waals surface area (Å²) in [6.45, 7) is 4.01. The van der Waals surface area contributed by atoms with Crippen LogP contribution in [0.4, 0.5) is 0 Å². The maximum Gasteiger partial charge on any atom is 0.265 e. The molecule has 0 radical (unpaired) electrons. The van der Waals surface area contributed by atoms with Crippen LogP contribution in [-0.2, 0) is 28.1 Å². The van der Waals surface area contributed by atoms with Crippen LogP contribution in [0.1, 0.15) is 49.3 Å². The number of azide groups is 1. The topological polar surface area (TPSA) is 117 Å². The van der Waals surface area contributed by atoms with Gasteiger partial charge in [-0.05, 0) is 134 Å². The monoisotopic (exact) mass is 807 g/mol. The maximum atomic E-state index is 9.02. The van der Waals surface area contributed by atoms with Crippen LogP contribution in [-0.4, -0.2) is 42.2 Å². The fourth-order valence-corrected chi connectivity index (χ4v) is 10.4. The molecule has 0 aliphatic heterocycles. The molecule has 3 aromatic carbocycles. The van der Waals surface area contributed by atoms with Crippen LogP contribution in [0.15, 0.2) is 94.0 Å². The predicted octanol–water partition coefficient (Wildman–Crippen LogP) is 11.1. The molecule has 0 heterocycles. The minimum atomic E-state index is -1.81. The average Bonchev–Trinajstić information content (AvgIpc) is 3.12. The summed E-state index contributed by atoms with van der Waals surface area (Å²) in [7, 11) is 0.0847. The summed E-state index contributed by atoms with van der Waals surface area (Å²) in [5.74, 6) is 2.42. The van der Waals surface area contributed by atoms with Crippen molar-refractivity contribution in [2.45, 2.75) is 45.6 Å². The lowest BCUT2D eigenvalue weighted by Gasteiger charge is -2.30. The second kappa shape index (κ2) is 21.2. The minimum absolute atomic E-state index is 0.0203. The summed E-state index contributed by atoms with van der Waals surface area (Å²) in [5.41, 5.74) is 12.2. The van der Waals surface area contributed by atoms with E-state index in [2.05, 4.69) is 28.9 Å². The van der Waals surface area contributed by atoms with Crippen molar-refractivity contribution in [1.82, 2.24) is 9.56 Å². The van der Waals surface area contributed by atoms with Gasteiger partial charge in [0.1, 0.15) is 24.7 Å². The number of allylic oxidation sites excluding steroid dienone is 1. The van der Waals surface area contributed by atoms with Crippen molar-refractivity contribution in [3.05, 3.63) is 106 Å². The van der Waals surface area contributed by atoms with Crippen LogP contribution in [0.25, 0.3) is 16.5 Å². The van der Waals surface area contributed by atoms with Crippen LogP contribution >= 0.6 is 38.6 Å². The summed E-state index contributed by atoms with van der Waals surface area (Å²) in [6, 6.07) is 23.2. The molecule has 1 fully saturated rings. The fraction of sp³-hybridized carbons (Fsp3) is 0.312. The molecule has 18 heteroatoms. The van der Waals surface area contributed by atoms with Crippen molar-refractivity contribution < 1.29 is 18.1 Å². The van der Waals surface area contributed by atoms with Crippen molar-refractivity contribution in [3.63, 3.8) is 0 Å². The number of hydrogen-bond acceptors (Lipinski definition) is 9. The van der Waals surface area contributed by atoms with Gasteiger partial charge in [0.05, 0.1) is 12.3 Å². The lowest BCUT2D eigenvalue weighted by atomic mass is 9.88. The zero-order valence-electron chi connectivity index (χ0n) is 28.3. The van der Waals surface area contributed by atoms with E-state index in [-0.39, 0.29) is 6.10 Å². The van der Waals surface area contributed by atoms with Gasteiger partial charge in [0, 0.05) is 25.2 Å². The molecule has 266 valence electrons. The molecule has 1 aliphatic carbocycles. The van der Waals surface area contributed by atoms with Gasteiger partial charge in [0.2, 0.25) is 14.1 Å². The highest BCUT2D eigenvalue weighted by atomic mass is 32.4. The highest BCUT2D eigenvalue weighted by molar-refractivity contribution is 8.50. The second-order valence-electron chi connectivity index (χ2n) is 11.2. The van der Waals surface area contributed by atoms with Gasteiger partial charge in [-0.25, -0.2) is 9.56 Å². The van der Waals surface area contributed by atoms with Crippen LogP contribution in [0.5, 0.6) is 17.2 Å². The number of rotatable bonds is 17. The molecule has 0 amide bonds. The van der Waals surface area contributed by atoms with Crippen molar-refractivity contribution in [1.29, 1.82) is 0 Å². The first kappa shape index (κ1) is 40.4. The Kier molecular flexibility index (Phi) is 17.1. The average molecular weight is 808 g/mol. The van der Waals surface area contributed by atoms with Crippen LogP contribution < -0.4 is 13.6 Å². The number of hydrogen-bond donors (Lipinski definition) is 0. The molecule has 0 spiro atoms. The van der Waals surface area contributed by atoms with Gasteiger partial charge < -0.3 is 18.1 Å². The Balaban J connectivity index is 1.21. The molecule has 5 unspecified atom stereocenters. The number of nitrogens with zero attached hydrogens (tertiary/aromatic N) is 7. The third-order valence-corrected chi connectivity index (χ3v) is 16.8. The molecule has 0 saturated heterocycles. The van der Waals surface area contributed by atoms with E-state index in [0.29, 0.717) is 17.4 Å². The summed E-state index contributed by atoms with van der Waals surface area (Å²) in [5, 5.41) is 9.10. The third-order valence-electron chi connectivity index (χ3n) is 7.35. The van der Waals surface area contributed by atoms with Crippen molar-refractivity contribution in [3.8, 4) is 17.2 Å². The van der Waals surface area contributed by atoms with Crippen LogP contribution in [0.3, 0.4) is 0 Å². The smallest absolute Gasteiger partial charge is 0.265 e. The normalized spacial score (nSPS) is 18.7. The first-order chi connectivity index (χ1) is 24.1. The zero-order valence-corrected chi connectivity index (χ0v) is 34.8. The van der Waals surface area contributed by atoms with E-state index in [4.69, 9.17) is 47.2 Å². The number of aryl methyl sites for hydroxylation is 1. The van der Waals surface area contributed by atoms with E-state index in [1.165, 1.54) is 5.56 Å². The van der Waals surface area contributed by atoms with Crippen molar-refractivity contribution in [2.24, 2.45) is 21.0 Å². The third kappa shape index (κ3) is 13.6. The van der Waals surface area contributed by atoms with E-state index in [0.717, 1.165) is 42.6 Å². The SMILES string of the molecule is C/C=C/c1ccc(OP(OC2CCC(/C=N/N(C)[PH](=S)Oc3ccc(/C=N/N(C)[PH](=S)Oc4ccc(C)cc4)cc3)CC2)P(P)N=[N+]=[N-])cc1. The predicted molar refractivity (Wildman–Crippen MR) is 223 cm³/mol. The molecule has 1 aliphatic rings. The van der Waals surface area contributed by atoms with Gasteiger partial charge in [-0.15, -0.1) is 0 Å². The van der Waals surface area contributed by atoms with E-state index in [9.17, 15) is 0 Å². The maximum absolute atomic E-state index is 9.02. The summed E-state index contributed by atoms with van der Waals surface area (Å²) >= 11 is 11.2. The molecule has 50 heavy (non-hydrogen) atoms. The summed E-state index contributed by atoms with van der Waals surface area (Å²) in [4.78, 5) is 6.88. The minimum Gasteiger partial charge on any atom is -0.450 e. The lowest BCUT2D eigenvalue weighted by molar-refractivity contribution is 0.153. The van der Waals surface area contributed by atoms with Gasteiger partial charge in [0.25, 0.3) is 8.06 Å². The molecule has 5 atom stereocenters. The largest absolute Gasteiger partial charge is 0.450 e. The number of benzene rings is 3. The Morgan fingerprint density at radius 2 is 1.38 bits per heavy atom. The summed E-state index contributed by atoms with van der Waals surface area (Å²) in [6.07, 6.45) is 11.3. The Hall–Kier alpha value is -2.40. The van der Waals surface area contributed by atoms with Crippen molar-refractivity contribution >= 4 is 80.7 Å². The van der Waals surface area contributed by atoms with E-state index in [1.807, 2.05) is 119 Å². The Morgan fingerprint density at radius 3 is 1.96 bits per heavy atom. The molecule has 3 aromatic rings. The van der Waals surface area contributed by atoms with Crippen LogP contribution in [0.2, 0.25) is 0 Å². The standard InChI is InChI=1S/C32H42N7O4P5S2/c1-5-6-26-9-17-31(18-10-26)42-48(45(44)37-36-33)43-32-21-13-28(14-22-32)24-35-39(4)47(50)41-30-19-11-27(12-20-30)23-34-38(3)46(49)40-29-15-7-25(2)8-16-29/h5-12,15-20,23-24,28,32,46-47H,13-14,21-22,44H2,1-4H3/b6-5+,34-23+,35-24+. The Morgan fingerprint density at radius 1 is 0.840 bits per heavy atom. The van der Waals surface area contributed by atoms with Gasteiger partial charge in [-0.3, -0.25) is 0 Å². The van der Waals surface area contributed by atoms with Gasteiger partial charge in [-0.2, -0.15) is 10.2 Å². The lowest BCUT2D eigenvalue weighted by Crippen LogP contribution is -2.21. The quantitative estimate of drug-likeness (QED) is 0.0330.